The quantitative estimate of drug-likeness (QED) is 0.122. The number of hydrogen-bond acceptors (Lipinski definition) is 10. The molecule has 0 spiro atoms. The molecule has 1 aliphatic rings. The Morgan fingerprint density at radius 3 is 2.15 bits per heavy atom. The number of allylic oxidation sites excluding steroid dienone is 2. The predicted octanol–water partition coefficient (Wildman–Crippen LogP) is 2.74. The van der Waals surface area contributed by atoms with Crippen LogP contribution in [0.15, 0.2) is 29.5 Å². The van der Waals surface area contributed by atoms with Crippen molar-refractivity contribution in [3.63, 3.8) is 0 Å². The number of ether oxygens (including phenoxy) is 4. The highest BCUT2D eigenvalue weighted by atomic mass is 16.6. The first-order chi connectivity index (χ1) is 18.6. The summed E-state index contributed by atoms with van der Waals surface area (Å²) in [5.74, 6) is -0.573. The molecule has 0 aliphatic heterocycles. The largest absolute Gasteiger partial charge is 0.394 e. The molecule has 2 rings (SSSR count). The fourth-order valence-electron chi connectivity index (χ4n) is 4.24. The van der Waals surface area contributed by atoms with E-state index in [9.17, 15) is 9.59 Å². The molecule has 0 fully saturated rings. The van der Waals surface area contributed by atoms with Gasteiger partial charge in [0.05, 0.1) is 64.0 Å². The number of aliphatic hydroxyl groups is 1. The molecule has 0 saturated heterocycles. The number of aliphatic hydroxyl groups excluding tert-OH is 1. The zero-order chi connectivity index (χ0) is 28.7. The first-order valence-corrected chi connectivity index (χ1v) is 13.3. The number of Topliss-reactive ketones (excluding diaryl/α,β-unsaturated/α-hetero) is 1. The number of ketones is 1. The van der Waals surface area contributed by atoms with Gasteiger partial charge in [-0.1, -0.05) is 13.8 Å². The predicted molar refractivity (Wildman–Crippen MR) is 150 cm³/mol. The molecule has 1 amide bonds. The molecule has 0 bridgehead atoms. The number of primary amides is 1. The third-order valence-electron chi connectivity index (χ3n) is 5.96. The summed E-state index contributed by atoms with van der Waals surface area (Å²) >= 11 is 0. The Bertz CT molecular complexity index is 994. The average molecular weight is 549 g/mol. The number of hydrogen-bond donors (Lipinski definition) is 5. The van der Waals surface area contributed by atoms with Gasteiger partial charge in [-0.05, 0) is 43.4 Å². The summed E-state index contributed by atoms with van der Waals surface area (Å²) in [5.41, 5.74) is 8.42. The second kappa shape index (κ2) is 17.0. The van der Waals surface area contributed by atoms with Gasteiger partial charge in [-0.3, -0.25) is 9.59 Å². The maximum Gasteiger partial charge on any atom is 0.250 e. The third-order valence-corrected chi connectivity index (χ3v) is 5.96. The lowest BCUT2D eigenvalue weighted by Crippen LogP contribution is -2.30. The lowest BCUT2D eigenvalue weighted by atomic mass is 9.75. The molecule has 11 heteroatoms. The van der Waals surface area contributed by atoms with Crippen LogP contribution in [0.3, 0.4) is 0 Å². The van der Waals surface area contributed by atoms with Crippen LogP contribution < -0.4 is 16.4 Å². The van der Waals surface area contributed by atoms with E-state index in [1.807, 2.05) is 13.8 Å². The first-order valence-electron chi connectivity index (χ1n) is 13.3. The van der Waals surface area contributed by atoms with Gasteiger partial charge in [0.25, 0.3) is 5.91 Å². The minimum absolute atomic E-state index is 0.00693. The Balaban J connectivity index is 1.77. The van der Waals surface area contributed by atoms with E-state index in [1.54, 1.807) is 25.1 Å². The summed E-state index contributed by atoms with van der Waals surface area (Å²) in [6, 6.07) is 5.20. The van der Waals surface area contributed by atoms with E-state index in [0.29, 0.717) is 101 Å². The summed E-state index contributed by atoms with van der Waals surface area (Å²) in [6.45, 7) is 9.87. The highest BCUT2D eigenvalue weighted by molar-refractivity contribution is 6.22. The van der Waals surface area contributed by atoms with E-state index in [4.69, 9.17) is 35.2 Å². The molecule has 0 saturated carbocycles. The average Bonchev–Trinajstić information content (AvgIpc) is 2.85. The zero-order valence-corrected chi connectivity index (χ0v) is 23.4. The highest BCUT2D eigenvalue weighted by Gasteiger charge is 2.33. The van der Waals surface area contributed by atoms with Crippen molar-refractivity contribution >= 4 is 28.8 Å². The van der Waals surface area contributed by atoms with E-state index in [-0.39, 0.29) is 23.5 Å². The van der Waals surface area contributed by atoms with Crippen LogP contribution >= 0.6 is 0 Å². The molecule has 0 heterocycles. The topological polar surface area (TPSA) is 165 Å². The van der Waals surface area contributed by atoms with Gasteiger partial charge in [0, 0.05) is 42.4 Å². The third kappa shape index (κ3) is 11.8. The van der Waals surface area contributed by atoms with E-state index < -0.39 is 5.91 Å². The SMILES string of the molecule is CC(=N)C1=C(Nc2ccc(C(N)=O)c(NCCCOCCOCCOCCOCCO)c2)CC(C)(C)CC1=O. The van der Waals surface area contributed by atoms with E-state index in [0.717, 1.165) is 5.70 Å². The Labute approximate surface area is 230 Å². The number of anilines is 2. The molecule has 0 atom stereocenters. The molecule has 1 aromatic carbocycles. The summed E-state index contributed by atoms with van der Waals surface area (Å²) < 4.78 is 21.5. The van der Waals surface area contributed by atoms with Crippen molar-refractivity contribution in [2.24, 2.45) is 11.1 Å². The number of carbonyl (C=O) groups is 2. The number of benzene rings is 1. The number of carbonyl (C=O) groups excluding carboxylic acids is 2. The van der Waals surface area contributed by atoms with Gasteiger partial charge in [0.15, 0.2) is 5.78 Å². The Hall–Kier alpha value is -2.83. The minimum atomic E-state index is -0.539. The van der Waals surface area contributed by atoms with Crippen molar-refractivity contribution in [3.8, 4) is 0 Å². The van der Waals surface area contributed by atoms with Gasteiger partial charge < -0.3 is 45.8 Å². The molecule has 39 heavy (non-hydrogen) atoms. The Morgan fingerprint density at radius 1 is 1.00 bits per heavy atom. The molecule has 6 N–H and O–H groups in total. The van der Waals surface area contributed by atoms with Crippen molar-refractivity contribution in [1.29, 1.82) is 5.41 Å². The molecule has 1 aliphatic carbocycles. The normalized spacial score (nSPS) is 14.9. The van der Waals surface area contributed by atoms with Crippen molar-refractivity contribution in [1.82, 2.24) is 0 Å². The molecular formula is C28H44N4O7. The molecule has 11 nitrogen and oxygen atoms in total. The second-order valence-corrected chi connectivity index (χ2v) is 10.1. The van der Waals surface area contributed by atoms with Crippen LogP contribution in [0.25, 0.3) is 0 Å². The highest BCUT2D eigenvalue weighted by Crippen LogP contribution is 2.38. The van der Waals surface area contributed by atoms with Crippen LogP contribution in [0, 0.1) is 10.8 Å². The standard InChI is InChI=1S/C28H44N4O7/c1-20(29)26-24(18-28(2,3)19-25(26)34)32-21-5-6-22(27(30)35)23(17-21)31-7-4-9-36-11-13-38-15-16-39-14-12-37-10-8-33/h5-6,17,29,31-33H,4,7-16,18-19H2,1-3H3,(H2,30,35). The minimum Gasteiger partial charge on any atom is -0.394 e. The van der Waals surface area contributed by atoms with Crippen molar-refractivity contribution in [2.45, 2.75) is 40.0 Å². The van der Waals surface area contributed by atoms with Crippen LogP contribution in [-0.4, -0.2) is 88.5 Å². The molecule has 0 radical (unpaired) electrons. The number of nitrogens with one attached hydrogen (secondary N) is 3. The number of rotatable bonds is 20. The van der Waals surface area contributed by atoms with Gasteiger partial charge in [0.1, 0.15) is 0 Å². The smallest absolute Gasteiger partial charge is 0.250 e. The second-order valence-electron chi connectivity index (χ2n) is 10.1. The van der Waals surface area contributed by atoms with Gasteiger partial charge in [-0.2, -0.15) is 0 Å². The van der Waals surface area contributed by atoms with Crippen LogP contribution in [-0.2, 0) is 23.7 Å². The van der Waals surface area contributed by atoms with E-state index in [2.05, 4.69) is 10.6 Å². The summed E-state index contributed by atoms with van der Waals surface area (Å²) in [4.78, 5) is 24.7. The zero-order valence-electron chi connectivity index (χ0n) is 23.4. The lowest BCUT2D eigenvalue weighted by Gasteiger charge is -2.32. The monoisotopic (exact) mass is 548 g/mol. The fourth-order valence-corrected chi connectivity index (χ4v) is 4.24. The van der Waals surface area contributed by atoms with Crippen LogP contribution in [0.5, 0.6) is 0 Å². The van der Waals surface area contributed by atoms with Crippen molar-refractivity contribution in [3.05, 3.63) is 35.0 Å². The number of amides is 1. The molecule has 0 unspecified atom stereocenters. The van der Waals surface area contributed by atoms with E-state index >= 15 is 0 Å². The van der Waals surface area contributed by atoms with Crippen molar-refractivity contribution in [2.75, 3.05) is 76.6 Å². The number of nitrogens with two attached hydrogens (primary N) is 1. The van der Waals surface area contributed by atoms with Gasteiger partial charge >= 0.3 is 0 Å². The van der Waals surface area contributed by atoms with E-state index in [1.165, 1.54) is 0 Å². The molecule has 218 valence electrons. The van der Waals surface area contributed by atoms with Crippen LogP contribution in [0.4, 0.5) is 11.4 Å². The molecule has 0 aromatic heterocycles. The van der Waals surface area contributed by atoms with Gasteiger partial charge in [0.2, 0.25) is 0 Å². The first kappa shape index (κ1) is 32.4. The Morgan fingerprint density at radius 2 is 1.59 bits per heavy atom. The van der Waals surface area contributed by atoms with Crippen LogP contribution in [0.2, 0.25) is 0 Å². The van der Waals surface area contributed by atoms with Crippen molar-refractivity contribution < 1.29 is 33.6 Å². The maximum absolute atomic E-state index is 12.7. The Kier molecular flexibility index (Phi) is 14.1. The van der Waals surface area contributed by atoms with Gasteiger partial charge in [-0.15, -0.1) is 0 Å². The summed E-state index contributed by atoms with van der Waals surface area (Å²) in [5, 5.41) is 23.3. The lowest BCUT2D eigenvalue weighted by molar-refractivity contribution is -0.117. The summed E-state index contributed by atoms with van der Waals surface area (Å²) in [6.07, 6.45) is 1.75. The van der Waals surface area contributed by atoms with Crippen LogP contribution in [0.1, 0.15) is 50.4 Å². The molecular weight excluding hydrogens is 504 g/mol. The summed E-state index contributed by atoms with van der Waals surface area (Å²) in [7, 11) is 0. The molecule has 1 aromatic rings. The van der Waals surface area contributed by atoms with Gasteiger partial charge in [-0.25, -0.2) is 0 Å². The fraction of sp³-hybridized carbons (Fsp3) is 0.607. The maximum atomic E-state index is 12.7.